The fourth-order valence-electron chi connectivity index (χ4n) is 3.35. The summed E-state index contributed by atoms with van der Waals surface area (Å²) in [7, 11) is 0. The molecule has 5 nitrogen and oxygen atoms in total. The normalized spacial score (nSPS) is 18.7. The van der Waals surface area contributed by atoms with Crippen LogP contribution < -0.4 is 11.4 Å². The lowest BCUT2D eigenvalue weighted by molar-refractivity contribution is 0.0656. The second kappa shape index (κ2) is 7.89. The molecular weight excluding hydrogens is 408 g/mol. The number of halogens is 2. The zero-order valence-electron chi connectivity index (χ0n) is 14.3. The fraction of sp³-hybridized carbons (Fsp3) is 0.444. The number of aryl methyl sites for hydroxylation is 1. The number of piperidine rings is 1. The summed E-state index contributed by atoms with van der Waals surface area (Å²) in [6, 6.07) is 5.44. The van der Waals surface area contributed by atoms with E-state index in [4.69, 9.17) is 10.2 Å². The molecule has 1 aromatic heterocycles. The van der Waals surface area contributed by atoms with Gasteiger partial charge >= 0.3 is 5.63 Å². The Balaban J connectivity index is 0.00000225. The monoisotopic (exact) mass is 428 g/mol. The van der Waals surface area contributed by atoms with Crippen molar-refractivity contribution in [1.29, 1.82) is 0 Å². The molecule has 2 heterocycles. The van der Waals surface area contributed by atoms with Crippen molar-refractivity contribution in [3.63, 3.8) is 0 Å². The average molecular weight is 430 g/mol. The van der Waals surface area contributed by atoms with Gasteiger partial charge in [0.25, 0.3) is 5.91 Å². The molecule has 0 spiro atoms. The SMILES string of the molecule is Cc1c(C(=O)N2CCCC(C(C)N)C2)c(=O)oc2ccc(Br)cc12.Cl. The quantitative estimate of drug-likeness (QED) is 0.741. The van der Waals surface area contributed by atoms with E-state index in [0.29, 0.717) is 24.2 Å². The van der Waals surface area contributed by atoms with E-state index in [1.54, 1.807) is 17.9 Å². The van der Waals surface area contributed by atoms with Gasteiger partial charge in [-0.2, -0.15) is 0 Å². The summed E-state index contributed by atoms with van der Waals surface area (Å²) in [6.45, 7) is 5.00. The van der Waals surface area contributed by atoms with Gasteiger partial charge in [0, 0.05) is 29.0 Å². The van der Waals surface area contributed by atoms with E-state index in [1.165, 1.54) is 0 Å². The van der Waals surface area contributed by atoms with Crippen LogP contribution in [-0.2, 0) is 0 Å². The first-order chi connectivity index (χ1) is 11.4. The number of hydrogen-bond acceptors (Lipinski definition) is 4. The van der Waals surface area contributed by atoms with Crippen molar-refractivity contribution >= 4 is 45.2 Å². The lowest BCUT2D eigenvalue weighted by Gasteiger charge is -2.34. The number of nitrogens with zero attached hydrogens (tertiary/aromatic N) is 1. The van der Waals surface area contributed by atoms with Gasteiger partial charge < -0.3 is 15.1 Å². The summed E-state index contributed by atoms with van der Waals surface area (Å²) in [5.41, 5.74) is 6.70. The summed E-state index contributed by atoms with van der Waals surface area (Å²) in [5.74, 6) is 0.0122. The summed E-state index contributed by atoms with van der Waals surface area (Å²) >= 11 is 3.42. The number of rotatable bonds is 2. The highest BCUT2D eigenvalue weighted by Gasteiger charge is 2.29. The van der Waals surface area contributed by atoms with E-state index in [1.807, 2.05) is 19.1 Å². The van der Waals surface area contributed by atoms with Gasteiger partial charge in [-0.3, -0.25) is 4.79 Å². The van der Waals surface area contributed by atoms with Gasteiger partial charge in [0.1, 0.15) is 11.1 Å². The first-order valence-corrected chi connectivity index (χ1v) is 8.95. The molecule has 7 heteroatoms. The van der Waals surface area contributed by atoms with Crippen LogP contribution in [0.3, 0.4) is 0 Å². The fourth-order valence-corrected chi connectivity index (χ4v) is 3.71. The predicted octanol–water partition coefficient (Wildman–Crippen LogP) is 3.49. The Labute approximate surface area is 161 Å². The van der Waals surface area contributed by atoms with Crippen molar-refractivity contribution in [2.45, 2.75) is 32.7 Å². The van der Waals surface area contributed by atoms with Gasteiger partial charge in [-0.1, -0.05) is 15.9 Å². The smallest absolute Gasteiger partial charge is 0.349 e. The van der Waals surface area contributed by atoms with Crippen LogP contribution in [0, 0.1) is 12.8 Å². The maximum atomic E-state index is 13.0. The first kappa shape index (κ1) is 19.9. The van der Waals surface area contributed by atoms with Crippen molar-refractivity contribution in [3.05, 3.63) is 44.2 Å². The molecule has 2 atom stereocenters. The molecule has 25 heavy (non-hydrogen) atoms. The average Bonchev–Trinajstić information content (AvgIpc) is 2.55. The van der Waals surface area contributed by atoms with Crippen LogP contribution in [0.5, 0.6) is 0 Å². The van der Waals surface area contributed by atoms with Crippen LogP contribution in [-0.4, -0.2) is 29.9 Å². The summed E-state index contributed by atoms with van der Waals surface area (Å²) in [5, 5.41) is 0.771. The van der Waals surface area contributed by atoms with Crippen molar-refractivity contribution < 1.29 is 9.21 Å². The highest BCUT2D eigenvalue weighted by molar-refractivity contribution is 9.10. The summed E-state index contributed by atoms with van der Waals surface area (Å²) < 4.78 is 6.24. The Morgan fingerprint density at radius 1 is 1.44 bits per heavy atom. The van der Waals surface area contributed by atoms with Crippen LogP contribution >= 0.6 is 28.3 Å². The molecule has 2 aromatic rings. The maximum Gasteiger partial charge on any atom is 0.349 e. The standard InChI is InChI=1S/C18H21BrN2O3.ClH/c1-10-14-8-13(19)5-6-15(14)24-18(23)16(10)17(22)21-7-3-4-12(9-21)11(2)20;/h5-6,8,11-12H,3-4,7,9,20H2,1-2H3;1H. The highest BCUT2D eigenvalue weighted by Crippen LogP contribution is 2.25. The lowest BCUT2D eigenvalue weighted by atomic mass is 9.91. The van der Waals surface area contributed by atoms with Gasteiger partial charge in [-0.25, -0.2) is 4.79 Å². The van der Waals surface area contributed by atoms with Crippen molar-refractivity contribution in [2.24, 2.45) is 11.7 Å². The molecule has 0 saturated carbocycles. The number of carbonyl (C=O) groups is 1. The molecule has 1 saturated heterocycles. The zero-order chi connectivity index (χ0) is 17.4. The van der Waals surface area contributed by atoms with Crippen LogP contribution in [0.2, 0.25) is 0 Å². The van der Waals surface area contributed by atoms with E-state index >= 15 is 0 Å². The van der Waals surface area contributed by atoms with Crippen LogP contribution in [0.25, 0.3) is 11.0 Å². The molecule has 0 aliphatic carbocycles. The molecule has 0 bridgehead atoms. The molecule has 1 aromatic carbocycles. The van der Waals surface area contributed by atoms with E-state index in [-0.39, 0.29) is 35.8 Å². The molecule has 136 valence electrons. The highest BCUT2D eigenvalue weighted by atomic mass is 79.9. The third-order valence-corrected chi connectivity index (χ3v) is 5.32. The Morgan fingerprint density at radius 2 is 2.16 bits per heavy atom. The minimum absolute atomic E-state index is 0. The Morgan fingerprint density at radius 3 is 2.84 bits per heavy atom. The van der Waals surface area contributed by atoms with E-state index < -0.39 is 5.63 Å². The minimum Gasteiger partial charge on any atom is -0.422 e. The number of likely N-dealkylation sites (tertiary alicyclic amines) is 1. The van der Waals surface area contributed by atoms with E-state index in [2.05, 4.69) is 15.9 Å². The molecule has 3 rings (SSSR count). The number of amides is 1. The maximum absolute atomic E-state index is 13.0. The van der Waals surface area contributed by atoms with Gasteiger partial charge in [0.15, 0.2) is 0 Å². The van der Waals surface area contributed by atoms with Crippen LogP contribution in [0.15, 0.2) is 31.9 Å². The predicted molar refractivity (Wildman–Crippen MR) is 104 cm³/mol. The van der Waals surface area contributed by atoms with Gasteiger partial charge in [-0.15, -0.1) is 12.4 Å². The zero-order valence-corrected chi connectivity index (χ0v) is 16.7. The molecule has 0 radical (unpaired) electrons. The van der Waals surface area contributed by atoms with Crippen molar-refractivity contribution in [1.82, 2.24) is 4.90 Å². The number of fused-ring (bicyclic) bond motifs is 1. The third-order valence-electron chi connectivity index (χ3n) is 4.83. The Hall–Kier alpha value is -1.37. The van der Waals surface area contributed by atoms with Crippen LogP contribution in [0.1, 0.15) is 35.7 Å². The van der Waals surface area contributed by atoms with Gasteiger partial charge in [0.2, 0.25) is 0 Å². The molecule has 2 N–H and O–H groups in total. The molecule has 1 aliphatic heterocycles. The topological polar surface area (TPSA) is 76.5 Å². The number of carbonyl (C=O) groups excluding carboxylic acids is 1. The molecule has 1 aliphatic rings. The Bertz CT molecular complexity index is 850. The van der Waals surface area contributed by atoms with Crippen molar-refractivity contribution in [3.8, 4) is 0 Å². The van der Waals surface area contributed by atoms with Crippen LogP contribution in [0.4, 0.5) is 0 Å². The summed E-state index contributed by atoms with van der Waals surface area (Å²) in [6.07, 6.45) is 1.92. The Kier molecular flexibility index (Phi) is 6.30. The van der Waals surface area contributed by atoms with E-state index in [0.717, 1.165) is 22.7 Å². The van der Waals surface area contributed by atoms with Gasteiger partial charge in [-0.05, 0) is 56.4 Å². The number of hydrogen-bond donors (Lipinski definition) is 1. The van der Waals surface area contributed by atoms with Gasteiger partial charge in [0.05, 0.1) is 0 Å². The molecule has 2 unspecified atom stereocenters. The second-order valence-corrected chi connectivity index (χ2v) is 7.46. The second-order valence-electron chi connectivity index (χ2n) is 6.54. The van der Waals surface area contributed by atoms with Crippen molar-refractivity contribution in [2.75, 3.05) is 13.1 Å². The first-order valence-electron chi connectivity index (χ1n) is 8.16. The molecule has 1 amide bonds. The molecule has 1 fully saturated rings. The van der Waals surface area contributed by atoms with E-state index in [9.17, 15) is 9.59 Å². The number of nitrogens with two attached hydrogens (primary N) is 1. The largest absolute Gasteiger partial charge is 0.422 e. The number of benzene rings is 1. The third kappa shape index (κ3) is 3.91. The summed E-state index contributed by atoms with van der Waals surface area (Å²) in [4.78, 5) is 27.1. The molecular formula is C18H22BrClN2O3. The minimum atomic E-state index is -0.574. The lowest BCUT2D eigenvalue weighted by Crippen LogP contribution is -2.46.